The van der Waals surface area contributed by atoms with Crippen LogP contribution in [0.1, 0.15) is 46.0 Å². The predicted molar refractivity (Wildman–Crippen MR) is 69.6 cm³/mol. The van der Waals surface area contributed by atoms with Crippen molar-refractivity contribution in [1.82, 2.24) is 10.2 Å². The first-order chi connectivity index (χ1) is 7.81. The van der Waals surface area contributed by atoms with Crippen LogP contribution in [0.3, 0.4) is 0 Å². The van der Waals surface area contributed by atoms with Gasteiger partial charge in [0.05, 0.1) is 0 Å². The molecule has 1 saturated heterocycles. The molecule has 0 spiro atoms. The first-order valence-corrected chi connectivity index (χ1v) is 7.26. The molecule has 0 aromatic carbocycles. The predicted octanol–water partition coefficient (Wildman–Crippen LogP) is 2.50. The van der Waals surface area contributed by atoms with Crippen LogP contribution >= 0.6 is 0 Å². The van der Waals surface area contributed by atoms with Crippen molar-refractivity contribution in [3.05, 3.63) is 0 Å². The van der Waals surface area contributed by atoms with E-state index in [0.717, 1.165) is 17.9 Å². The molecule has 0 amide bonds. The van der Waals surface area contributed by atoms with Gasteiger partial charge >= 0.3 is 0 Å². The summed E-state index contributed by atoms with van der Waals surface area (Å²) in [7, 11) is 0. The van der Waals surface area contributed by atoms with Gasteiger partial charge in [-0.05, 0) is 70.5 Å². The lowest BCUT2D eigenvalue weighted by atomic mass is 9.96. The molecule has 2 heteroatoms. The average molecular weight is 224 g/mol. The largest absolute Gasteiger partial charge is 0.317 e. The Morgan fingerprint density at radius 3 is 2.44 bits per heavy atom. The minimum atomic E-state index is 0.842. The van der Waals surface area contributed by atoms with E-state index in [1.807, 2.05) is 0 Å². The van der Waals surface area contributed by atoms with E-state index in [4.69, 9.17) is 0 Å². The second-order valence-electron chi connectivity index (χ2n) is 5.77. The van der Waals surface area contributed by atoms with E-state index in [0.29, 0.717) is 0 Å². The number of hydrogen-bond donors (Lipinski definition) is 1. The van der Waals surface area contributed by atoms with Gasteiger partial charge in [0.1, 0.15) is 0 Å². The highest BCUT2D eigenvalue weighted by Gasteiger charge is 2.32. The number of piperidine rings is 1. The fourth-order valence-corrected chi connectivity index (χ4v) is 3.02. The summed E-state index contributed by atoms with van der Waals surface area (Å²) in [6.45, 7) is 9.91. The Morgan fingerprint density at radius 1 is 1.19 bits per heavy atom. The summed E-state index contributed by atoms with van der Waals surface area (Å²) in [5.74, 6) is 1.97. The monoisotopic (exact) mass is 224 g/mol. The van der Waals surface area contributed by atoms with Gasteiger partial charge in [-0.3, -0.25) is 0 Å². The molecule has 2 aliphatic rings. The molecule has 1 heterocycles. The highest BCUT2D eigenvalue weighted by molar-refractivity contribution is 4.86. The second-order valence-corrected chi connectivity index (χ2v) is 5.77. The lowest BCUT2D eigenvalue weighted by molar-refractivity contribution is 0.147. The van der Waals surface area contributed by atoms with Crippen LogP contribution in [-0.2, 0) is 0 Å². The summed E-state index contributed by atoms with van der Waals surface area (Å²) in [5, 5.41) is 3.47. The SMILES string of the molecule is CCCN(CC1CCNCC1)C(C)C1CC1. The molecule has 1 atom stereocenters. The molecule has 1 aliphatic carbocycles. The zero-order valence-corrected chi connectivity index (χ0v) is 11.0. The van der Waals surface area contributed by atoms with Crippen LogP contribution in [0.4, 0.5) is 0 Å². The van der Waals surface area contributed by atoms with Crippen LogP contribution in [0.15, 0.2) is 0 Å². The third-order valence-electron chi connectivity index (χ3n) is 4.34. The number of nitrogens with one attached hydrogen (secondary N) is 1. The summed E-state index contributed by atoms with van der Waals surface area (Å²) in [5.41, 5.74) is 0. The molecule has 2 rings (SSSR count). The van der Waals surface area contributed by atoms with Crippen LogP contribution in [0, 0.1) is 11.8 Å². The molecule has 0 radical (unpaired) electrons. The molecule has 1 N–H and O–H groups in total. The fourth-order valence-electron chi connectivity index (χ4n) is 3.02. The van der Waals surface area contributed by atoms with Gasteiger partial charge in [0.15, 0.2) is 0 Å². The average Bonchev–Trinajstić information content (AvgIpc) is 3.13. The normalized spacial score (nSPS) is 24.9. The molecule has 0 bridgehead atoms. The topological polar surface area (TPSA) is 15.3 Å². The zero-order valence-electron chi connectivity index (χ0n) is 11.0. The Hall–Kier alpha value is -0.0800. The minimum Gasteiger partial charge on any atom is -0.317 e. The Kier molecular flexibility index (Phi) is 4.66. The molecular weight excluding hydrogens is 196 g/mol. The van der Waals surface area contributed by atoms with Gasteiger partial charge in [-0.25, -0.2) is 0 Å². The van der Waals surface area contributed by atoms with Crippen molar-refractivity contribution in [2.45, 2.75) is 52.0 Å². The van der Waals surface area contributed by atoms with Gasteiger partial charge in [0, 0.05) is 12.6 Å². The molecule has 2 fully saturated rings. The second kappa shape index (κ2) is 6.02. The third-order valence-corrected chi connectivity index (χ3v) is 4.34. The van der Waals surface area contributed by atoms with Crippen molar-refractivity contribution in [1.29, 1.82) is 0 Å². The van der Waals surface area contributed by atoms with Crippen molar-refractivity contribution in [2.75, 3.05) is 26.2 Å². The molecule has 1 unspecified atom stereocenters. The highest BCUT2D eigenvalue weighted by Crippen LogP contribution is 2.35. The summed E-state index contributed by atoms with van der Waals surface area (Å²) in [6, 6.07) is 0.842. The van der Waals surface area contributed by atoms with Crippen LogP contribution in [0.5, 0.6) is 0 Å². The van der Waals surface area contributed by atoms with Crippen molar-refractivity contribution < 1.29 is 0 Å². The van der Waals surface area contributed by atoms with E-state index in [2.05, 4.69) is 24.1 Å². The standard InChI is InChI=1S/C14H28N2/c1-3-10-16(12(2)14-4-5-14)11-13-6-8-15-9-7-13/h12-15H,3-11H2,1-2H3. The summed E-state index contributed by atoms with van der Waals surface area (Å²) < 4.78 is 0. The Morgan fingerprint density at radius 2 is 1.88 bits per heavy atom. The van der Waals surface area contributed by atoms with Crippen molar-refractivity contribution in [2.24, 2.45) is 11.8 Å². The third kappa shape index (κ3) is 3.46. The Labute approximate surface area is 101 Å². The van der Waals surface area contributed by atoms with Gasteiger partial charge in [-0.1, -0.05) is 6.92 Å². The molecule has 0 aromatic rings. The maximum Gasteiger partial charge on any atom is 0.00953 e. The van der Waals surface area contributed by atoms with Crippen molar-refractivity contribution >= 4 is 0 Å². The summed E-state index contributed by atoms with van der Waals surface area (Å²) in [6.07, 6.45) is 7.04. The van der Waals surface area contributed by atoms with Crippen molar-refractivity contribution in [3.63, 3.8) is 0 Å². The van der Waals surface area contributed by atoms with Gasteiger partial charge in [0.2, 0.25) is 0 Å². The zero-order chi connectivity index (χ0) is 11.4. The summed E-state index contributed by atoms with van der Waals surface area (Å²) >= 11 is 0. The molecule has 1 aliphatic heterocycles. The smallest absolute Gasteiger partial charge is 0.00953 e. The molecular formula is C14H28N2. The molecule has 1 saturated carbocycles. The van der Waals surface area contributed by atoms with Crippen LogP contribution in [0.25, 0.3) is 0 Å². The van der Waals surface area contributed by atoms with E-state index in [-0.39, 0.29) is 0 Å². The number of hydrogen-bond acceptors (Lipinski definition) is 2. The van der Waals surface area contributed by atoms with Gasteiger partial charge in [-0.2, -0.15) is 0 Å². The van der Waals surface area contributed by atoms with Gasteiger partial charge < -0.3 is 10.2 Å². The maximum atomic E-state index is 3.47. The molecule has 0 aromatic heterocycles. The van der Waals surface area contributed by atoms with E-state index in [1.54, 1.807) is 0 Å². The summed E-state index contributed by atoms with van der Waals surface area (Å²) in [4.78, 5) is 2.77. The van der Waals surface area contributed by atoms with Gasteiger partial charge in [0.25, 0.3) is 0 Å². The molecule has 2 nitrogen and oxygen atoms in total. The van der Waals surface area contributed by atoms with E-state index in [9.17, 15) is 0 Å². The van der Waals surface area contributed by atoms with Crippen LogP contribution in [0.2, 0.25) is 0 Å². The van der Waals surface area contributed by atoms with Crippen molar-refractivity contribution in [3.8, 4) is 0 Å². The van der Waals surface area contributed by atoms with E-state index >= 15 is 0 Å². The lowest BCUT2D eigenvalue weighted by Crippen LogP contribution is -2.41. The Balaban J connectivity index is 1.80. The Bertz CT molecular complexity index is 195. The first kappa shape index (κ1) is 12.4. The lowest BCUT2D eigenvalue weighted by Gasteiger charge is -2.34. The maximum absolute atomic E-state index is 3.47. The fraction of sp³-hybridized carbons (Fsp3) is 1.00. The van der Waals surface area contributed by atoms with E-state index < -0.39 is 0 Å². The number of nitrogens with zero attached hydrogens (tertiary/aromatic N) is 1. The first-order valence-electron chi connectivity index (χ1n) is 7.26. The number of rotatable bonds is 6. The van der Waals surface area contributed by atoms with Crippen LogP contribution < -0.4 is 5.32 Å². The quantitative estimate of drug-likeness (QED) is 0.746. The minimum absolute atomic E-state index is 0.842. The highest BCUT2D eigenvalue weighted by atomic mass is 15.2. The van der Waals surface area contributed by atoms with Gasteiger partial charge in [-0.15, -0.1) is 0 Å². The molecule has 16 heavy (non-hydrogen) atoms. The van der Waals surface area contributed by atoms with Crippen LogP contribution in [-0.4, -0.2) is 37.1 Å². The molecule has 94 valence electrons. The van der Waals surface area contributed by atoms with E-state index in [1.165, 1.54) is 58.3 Å².